The average molecular weight is 212 g/mol. The molecule has 2 saturated heterocycles. The Balaban J connectivity index is 1.66. The molecule has 15 heavy (non-hydrogen) atoms. The Kier molecular flexibility index (Phi) is 4.00. The van der Waals surface area contributed by atoms with Gasteiger partial charge in [0.1, 0.15) is 0 Å². The third kappa shape index (κ3) is 3.16. The van der Waals surface area contributed by atoms with Crippen LogP contribution in [0, 0.1) is 5.92 Å². The second kappa shape index (κ2) is 5.28. The molecular weight excluding hydrogens is 188 g/mol. The van der Waals surface area contributed by atoms with Gasteiger partial charge in [-0.2, -0.15) is 5.48 Å². The van der Waals surface area contributed by atoms with Gasteiger partial charge in [0.15, 0.2) is 0 Å². The van der Waals surface area contributed by atoms with Crippen LogP contribution in [0.15, 0.2) is 0 Å². The normalized spacial score (nSPS) is 32.2. The predicted molar refractivity (Wildman–Crippen MR) is 61.5 cm³/mol. The Hall–Kier alpha value is -0.120. The van der Waals surface area contributed by atoms with E-state index >= 15 is 0 Å². The largest absolute Gasteiger partial charge is 0.301 e. The molecule has 0 aliphatic carbocycles. The average Bonchev–Trinajstić information content (AvgIpc) is 2.64. The maximum absolute atomic E-state index is 5.51. The van der Waals surface area contributed by atoms with E-state index < -0.39 is 0 Å². The summed E-state index contributed by atoms with van der Waals surface area (Å²) in [6.07, 6.45) is 5.30. The van der Waals surface area contributed by atoms with E-state index in [9.17, 15) is 0 Å². The minimum absolute atomic E-state index is 0.586. The molecule has 0 bridgehead atoms. The number of rotatable bonds is 4. The highest BCUT2D eigenvalue weighted by Crippen LogP contribution is 2.26. The first-order chi connectivity index (χ1) is 7.25. The Morgan fingerprint density at radius 3 is 3.00 bits per heavy atom. The fraction of sp³-hybridized carbons (Fsp3) is 1.00. The van der Waals surface area contributed by atoms with Crippen molar-refractivity contribution in [3.63, 3.8) is 0 Å². The van der Waals surface area contributed by atoms with Gasteiger partial charge < -0.3 is 9.74 Å². The van der Waals surface area contributed by atoms with Gasteiger partial charge in [0.25, 0.3) is 0 Å². The van der Waals surface area contributed by atoms with Crippen molar-refractivity contribution >= 4 is 0 Å². The smallest absolute Gasteiger partial charge is 0.0705 e. The topological polar surface area (TPSA) is 24.5 Å². The molecule has 2 rings (SSSR count). The summed E-state index contributed by atoms with van der Waals surface area (Å²) in [5, 5.41) is 0. The van der Waals surface area contributed by atoms with Crippen molar-refractivity contribution in [2.45, 2.75) is 51.6 Å². The van der Waals surface area contributed by atoms with E-state index in [0.29, 0.717) is 12.0 Å². The van der Waals surface area contributed by atoms with E-state index in [4.69, 9.17) is 4.84 Å². The molecule has 0 spiro atoms. The zero-order valence-corrected chi connectivity index (χ0v) is 10.0. The molecule has 0 radical (unpaired) electrons. The minimum atomic E-state index is 0.586. The Labute approximate surface area is 93.1 Å². The van der Waals surface area contributed by atoms with E-state index in [1.54, 1.807) is 0 Å². The molecule has 2 unspecified atom stereocenters. The molecule has 0 saturated carbocycles. The number of nitrogens with one attached hydrogen (secondary N) is 1. The molecule has 2 heterocycles. The lowest BCUT2D eigenvalue weighted by Gasteiger charge is -2.34. The highest BCUT2D eigenvalue weighted by molar-refractivity contribution is 4.88. The van der Waals surface area contributed by atoms with Crippen LogP contribution in [0.4, 0.5) is 0 Å². The predicted octanol–water partition coefficient (Wildman–Crippen LogP) is 1.79. The van der Waals surface area contributed by atoms with Crippen molar-refractivity contribution in [1.82, 2.24) is 10.4 Å². The summed E-state index contributed by atoms with van der Waals surface area (Å²) >= 11 is 0. The van der Waals surface area contributed by atoms with Crippen LogP contribution >= 0.6 is 0 Å². The second-order valence-electron chi connectivity index (χ2n) is 5.38. The van der Waals surface area contributed by atoms with E-state index in [1.165, 1.54) is 38.8 Å². The summed E-state index contributed by atoms with van der Waals surface area (Å²) in [5.41, 5.74) is 3.24. The molecule has 3 nitrogen and oxygen atoms in total. The van der Waals surface area contributed by atoms with E-state index in [1.807, 2.05) is 0 Å². The number of fused-ring (bicyclic) bond motifs is 1. The summed E-state index contributed by atoms with van der Waals surface area (Å²) in [4.78, 5) is 8.15. The van der Waals surface area contributed by atoms with Crippen LogP contribution in [0.3, 0.4) is 0 Å². The Bertz CT molecular complexity index is 196. The molecule has 2 aliphatic heterocycles. The van der Waals surface area contributed by atoms with Crippen LogP contribution in [-0.2, 0) is 4.84 Å². The first kappa shape index (κ1) is 11.4. The maximum atomic E-state index is 5.51. The molecule has 2 aliphatic rings. The van der Waals surface area contributed by atoms with Crippen molar-refractivity contribution < 1.29 is 4.84 Å². The third-order valence-corrected chi connectivity index (χ3v) is 3.49. The molecule has 0 aromatic carbocycles. The zero-order chi connectivity index (χ0) is 10.7. The lowest BCUT2D eigenvalue weighted by molar-refractivity contribution is -0.0183. The van der Waals surface area contributed by atoms with Crippen molar-refractivity contribution in [1.29, 1.82) is 0 Å². The molecule has 0 amide bonds. The van der Waals surface area contributed by atoms with Crippen molar-refractivity contribution in [3.8, 4) is 0 Å². The van der Waals surface area contributed by atoms with Crippen LogP contribution in [0.2, 0.25) is 0 Å². The molecule has 1 N–H and O–H groups in total. The zero-order valence-electron chi connectivity index (χ0n) is 10.0. The van der Waals surface area contributed by atoms with Crippen LogP contribution in [0.1, 0.15) is 39.5 Å². The molecule has 2 fully saturated rings. The molecule has 3 heteroatoms. The summed E-state index contributed by atoms with van der Waals surface area (Å²) < 4.78 is 0. The highest BCUT2D eigenvalue weighted by atomic mass is 16.6. The van der Waals surface area contributed by atoms with Crippen molar-refractivity contribution in [3.05, 3.63) is 0 Å². The lowest BCUT2D eigenvalue weighted by Crippen LogP contribution is -2.45. The first-order valence-electron chi connectivity index (χ1n) is 6.37. The standard InChI is InChI=1S/C12H24N2O/c1-10(2)9-15-13-11-5-7-14-6-3-4-12(14)8-11/h10-13H,3-9H2,1-2H3. The highest BCUT2D eigenvalue weighted by Gasteiger charge is 2.31. The number of hydrogen-bond acceptors (Lipinski definition) is 3. The molecule has 0 aromatic rings. The number of nitrogens with zero attached hydrogens (tertiary/aromatic N) is 1. The van der Waals surface area contributed by atoms with Gasteiger partial charge in [-0.3, -0.25) is 0 Å². The van der Waals surface area contributed by atoms with Crippen molar-refractivity contribution in [2.24, 2.45) is 5.92 Å². The lowest BCUT2D eigenvalue weighted by atomic mass is 9.98. The number of piperidine rings is 1. The van der Waals surface area contributed by atoms with Crippen LogP contribution in [0.5, 0.6) is 0 Å². The Morgan fingerprint density at radius 1 is 1.33 bits per heavy atom. The number of hydrogen-bond donors (Lipinski definition) is 1. The molecular formula is C12H24N2O. The van der Waals surface area contributed by atoms with Gasteiger partial charge in [-0.1, -0.05) is 13.8 Å². The summed E-state index contributed by atoms with van der Waals surface area (Å²) in [6, 6.07) is 1.42. The van der Waals surface area contributed by atoms with Gasteiger partial charge in [0.2, 0.25) is 0 Å². The molecule has 88 valence electrons. The van der Waals surface area contributed by atoms with Gasteiger partial charge in [-0.25, -0.2) is 0 Å². The van der Waals surface area contributed by atoms with E-state index in [-0.39, 0.29) is 0 Å². The number of hydroxylamine groups is 1. The van der Waals surface area contributed by atoms with Gasteiger partial charge >= 0.3 is 0 Å². The van der Waals surface area contributed by atoms with E-state index in [2.05, 4.69) is 24.2 Å². The van der Waals surface area contributed by atoms with E-state index in [0.717, 1.165) is 12.6 Å². The van der Waals surface area contributed by atoms with Gasteiger partial charge in [0.05, 0.1) is 6.61 Å². The monoisotopic (exact) mass is 212 g/mol. The van der Waals surface area contributed by atoms with Crippen LogP contribution in [-0.4, -0.2) is 36.7 Å². The maximum Gasteiger partial charge on any atom is 0.0705 e. The SMILES string of the molecule is CC(C)CONC1CCN2CCCC2C1. The summed E-state index contributed by atoms with van der Waals surface area (Å²) in [7, 11) is 0. The minimum Gasteiger partial charge on any atom is -0.301 e. The molecule has 0 aromatic heterocycles. The van der Waals surface area contributed by atoms with Crippen LogP contribution in [0.25, 0.3) is 0 Å². The fourth-order valence-corrected chi connectivity index (χ4v) is 2.66. The van der Waals surface area contributed by atoms with Gasteiger partial charge in [0, 0.05) is 12.1 Å². The quantitative estimate of drug-likeness (QED) is 0.719. The fourth-order valence-electron chi connectivity index (χ4n) is 2.66. The van der Waals surface area contributed by atoms with Crippen molar-refractivity contribution in [2.75, 3.05) is 19.7 Å². The first-order valence-corrected chi connectivity index (χ1v) is 6.37. The second-order valence-corrected chi connectivity index (χ2v) is 5.38. The third-order valence-electron chi connectivity index (χ3n) is 3.49. The van der Waals surface area contributed by atoms with Crippen LogP contribution < -0.4 is 5.48 Å². The molecule has 2 atom stereocenters. The summed E-state index contributed by atoms with van der Waals surface area (Å²) in [6.45, 7) is 7.77. The Morgan fingerprint density at radius 2 is 2.20 bits per heavy atom. The summed E-state index contributed by atoms with van der Waals surface area (Å²) in [5.74, 6) is 0.615. The van der Waals surface area contributed by atoms with Gasteiger partial charge in [-0.15, -0.1) is 0 Å². The van der Waals surface area contributed by atoms with Gasteiger partial charge in [-0.05, 0) is 44.7 Å².